The first-order valence-electron chi connectivity index (χ1n) is 16.5. The van der Waals surface area contributed by atoms with Crippen LogP contribution in [-0.4, -0.2) is 83.5 Å². The molecule has 0 saturated heterocycles. The Hall–Kier alpha value is -4.65. The van der Waals surface area contributed by atoms with Gasteiger partial charge in [-0.3, -0.25) is 14.4 Å². The number of hydrogen-bond donors (Lipinski definition) is 6. The van der Waals surface area contributed by atoms with Crippen LogP contribution in [0.15, 0.2) is 54.6 Å². The summed E-state index contributed by atoms with van der Waals surface area (Å²) in [6, 6.07) is 12.4. The van der Waals surface area contributed by atoms with E-state index in [2.05, 4.69) is 21.3 Å². The lowest BCUT2D eigenvalue weighted by Crippen LogP contribution is -2.53. The summed E-state index contributed by atoms with van der Waals surface area (Å²) in [5.41, 5.74) is 0.683. The number of amides is 4. The molecule has 0 unspecified atom stereocenters. The summed E-state index contributed by atoms with van der Waals surface area (Å²) < 4.78 is 10.2. The van der Waals surface area contributed by atoms with Gasteiger partial charge in [0.2, 0.25) is 17.7 Å². The van der Waals surface area contributed by atoms with Gasteiger partial charge in [-0.1, -0.05) is 56.3 Å². The third kappa shape index (κ3) is 13.1. The molecule has 13 nitrogen and oxygen atoms in total. The number of benzene rings is 2. The molecule has 268 valence electrons. The lowest BCUT2D eigenvalue weighted by Gasteiger charge is -2.24. The number of ether oxygens (including phenoxy) is 2. The second kappa shape index (κ2) is 17.7. The van der Waals surface area contributed by atoms with Gasteiger partial charge >= 0.3 is 12.1 Å². The Morgan fingerprint density at radius 3 is 2.00 bits per heavy atom. The number of methoxy groups -OCH3 is 1. The largest absolute Gasteiger partial charge is 0.508 e. The number of aromatic hydroxyl groups is 1. The summed E-state index contributed by atoms with van der Waals surface area (Å²) in [5.74, 6) is -3.03. The highest BCUT2D eigenvalue weighted by atomic mass is 16.6. The summed E-state index contributed by atoms with van der Waals surface area (Å²) in [6.45, 7) is 8.74. The quantitative estimate of drug-likeness (QED) is 0.144. The molecule has 0 radical (unpaired) electrons. The Balaban J connectivity index is 1.63. The summed E-state index contributed by atoms with van der Waals surface area (Å²) in [6.07, 6.45) is -0.899. The van der Waals surface area contributed by atoms with Gasteiger partial charge < -0.3 is 41.0 Å². The molecule has 0 spiro atoms. The molecule has 0 heterocycles. The number of carbonyl (C=O) groups is 5. The van der Waals surface area contributed by atoms with Gasteiger partial charge in [0.25, 0.3) is 0 Å². The SMILES string of the molecule is COC(=O)[C@H](CC(C)C)NC(=O)[C@H](Cc1ccccc1)NC(=O)[C@H]1C[C@H]1[C@H](O)CNC(=O)[C@H](Cc1ccc(O)cc1)NC(=O)OC(C)(C)C. The van der Waals surface area contributed by atoms with Gasteiger partial charge in [0, 0.05) is 25.3 Å². The van der Waals surface area contributed by atoms with Crippen molar-refractivity contribution in [3.05, 3.63) is 65.7 Å². The van der Waals surface area contributed by atoms with Gasteiger partial charge in [0.15, 0.2) is 0 Å². The number of esters is 1. The highest BCUT2D eigenvalue weighted by Gasteiger charge is 2.48. The van der Waals surface area contributed by atoms with Crippen molar-refractivity contribution in [1.82, 2.24) is 21.3 Å². The minimum atomic E-state index is -1.08. The molecule has 0 bridgehead atoms. The van der Waals surface area contributed by atoms with Crippen LogP contribution in [0, 0.1) is 17.8 Å². The van der Waals surface area contributed by atoms with Crippen LogP contribution in [0.3, 0.4) is 0 Å². The normalized spacial score (nSPS) is 17.9. The molecule has 6 atom stereocenters. The molecule has 0 aliphatic heterocycles. The zero-order valence-electron chi connectivity index (χ0n) is 29.0. The Morgan fingerprint density at radius 1 is 0.837 bits per heavy atom. The number of nitrogens with one attached hydrogen (secondary N) is 4. The summed E-state index contributed by atoms with van der Waals surface area (Å²) in [4.78, 5) is 64.8. The van der Waals surface area contributed by atoms with E-state index in [1.807, 2.05) is 44.2 Å². The average Bonchev–Trinajstić information content (AvgIpc) is 3.84. The molecule has 1 aliphatic carbocycles. The first-order valence-corrected chi connectivity index (χ1v) is 16.5. The van der Waals surface area contributed by atoms with Gasteiger partial charge in [-0.05, 0) is 68.7 Å². The number of alkyl carbamates (subject to hydrolysis) is 1. The molecular weight excluding hydrogens is 632 g/mol. The van der Waals surface area contributed by atoms with E-state index in [4.69, 9.17) is 9.47 Å². The zero-order valence-corrected chi connectivity index (χ0v) is 29.0. The van der Waals surface area contributed by atoms with Gasteiger partial charge in [0.1, 0.15) is 29.5 Å². The average molecular weight is 683 g/mol. The Labute approximate surface area is 287 Å². The molecule has 4 amide bonds. The molecule has 1 fully saturated rings. The lowest BCUT2D eigenvalue weighted by atomic mass is 10.0. The van der Waals surface area contributed by atoms with E-state index in [1.54, 1.807) is 32.9 Å². The summed E-state index contributed by atoms with van der Waals surface area (Å²) >= 11 is 0. The van der Waals surface area contributed by atoms with Crippen LogP contribution in [0.1, 0.15) is 58.6 Å². The van der Waals surface area contributed by atoms with Crippen LogP contribution in [-0.2, 0) is 41.5 Å². The number of carbonyl (C=O) groups excluding carboxylic acids is 5. The van der Waals surface area contributed by atoms with Crippen molar-refractivity contribution in [3.8, 4) is 5.75 Å². The van der Waals surface area contributed by atoms with Crippen LogP contribution < -0.4 is 21.3 Å². The highest BCUT2D eigenvalue weighted by molar-refractivity contribution is 5.92. The van der Waals surface area contributed by atoms with Crippen molar-refractivity contribution < 1.29 is 43.7 Å². The van der Waals surface area contributed by atoms with Crippen LogP contribution >= 0.6 is 0 Å². The van der Waals surface area contributed by atoms with E-state index in [9.17, 15) is 34.2 Å². The number of hydrogen-bond acceptors (Lipinski definition) is 9. The van der Waals surface area contributed by atoms with E-state index in [1.165, 1.54) is 19.2 Å². The van der Waals surface area contributed by atoms with E-state index in [0.717, 1.165) is 5.56 Å². The number of phenols is 1. The minimum Gasteiger partial charge on any atom is -0.508 e. The van der Waals surface area contributed by atoms with Crippen LogP contribution in [0.25, 0.3) is 0 Å². The predicted octanol–water partition coefficient (Wildman–Crippen LogP) is 2.37. The Morgan fingerprint density at radius 2 is 1.43 bits per heavy atom. The van der Waals surface area contributed by atoms with E-state index < -0.39 is 71.5 Å². The first kappa shape index (κ1) is 38.8. The molecule has 2 aromatic rings. The zero-order chi connectivity index (χ0) is 36.3. The standard InChI is InChI=1S/C36H50N4O9/c1-21(2)16-29(34(46)48-6)39-33(45)28(17-22-10-8-7-9-11-22)38-31(43)26-19-25(26)30(42)20-37-32(44)27(40-35(47)49-36(3,4)5)18-23-12-14-24(41)15-13-23/h7-15,21,25-30,41-42H,16-20H2,1-6H3,(H,37,44)(H,38,43)(H,39,45)(H,40,47)/t25-,26+,27+,28+,29+,30-/m1/s1. The molecule has 1 aliphatic rings. The van der Waals surface area contributed by atoms with Crippen molar-refractivity contribution in [1.29, 1.82) is 0 Å². The summed E-state index contributed by atoms with van der Waals surface area (Å²) in [7, 11) is 1.25. The fourth-order valence-electron chi connectivity index (χ4n) is 5.39. The van der Waals surface area contributed by atoms with Gasteiger partial charge in [-0.15, -0.1) is 0 Å². The molecule has 6 N–H and O–H groups in total. The second-order valence-electron chi connectivity index (χ2n) is 13.9. The second-order valence-corrected chi connectivity index (χ2v) is 13.9. The number of phenolic OH excluding ortho intramolecular Hbond substituents is 1. The Bertz CT molecular complexity index is 1430. The van der Waals surface area contributed by atoms with Crippen LogP contribution in [0.5, 0.6) is 5.75 Å². The third-order valence-corrected chi connectivity index (χ3v) is 7.96. The highest BCUT2D eigenvalue weighted by Crippen LogP contribution is 2.41. The molecule has 3 rings (SSSR count). The van der Waals surface area contributed by atoms with E-state index >= 15 is 0 Å². The molecule has 0 aromatic heterocycles. The lowest BCUT2D eigenvalue weighted by molar-refractivity contribution is -0.145. The van der Waals surface area contributed by atoms with Crippen molar-refractivity contribution in [2.24, 2.45) is 17.8 Å². The number of rotatable bonds is 16. The number of aliphatic hydroxyl groups is 1. The predicted molar refractivity (Wildman–Crippen MR) is 181 cm³/mol. The topological polar surface area (TPSA) is 192 Å². The van der Waals surface area contributed by atoms with Crippen molar-refractivity contribution in [2.75, 3.05) is 13.7 Å². The molecule has 2 aromatic carbocycles. The van der Waals surface area contributed by atoms with Crippen LogP contribution in [0.2, 0.25) is 0 Å². The maximum absolute atomic E-state index is 13.4. The molecular formula is C36H50N4O9. The molecule has 1 saturated carbocycles. The van der Waals surface area contributed by atoms with E-state index in [-0.39, 0.29) is 31.1 Å². The number of aliphatic hydroxyl groups excluding tert-OH is 1. The third-order valence-electron chi connectivity index (χ3n) is 7.96. The maximum atomic E-state index is 13.4. The van der Waals surface area contributed by atoms with Crippen LogP contribution in [0.4, 0.5) is 4.79 Å². The smallest absolute Gasteiger partial charge is 0.408 e. The van der Waals surface area contributed by atoms with E-state index in [0.29, 0.717) is 18.4 Å². The van der Waals surface area contributed by atoms with Crippen molar-refractivity contribution in [2.45, 2.75) is 90.1 Å². The Kier molecular flexibility index (Phi) is 14.0. The van der Waals surface area contributed by atoms with Gasteiger partial charge in [-0.2, -0.15) is 0 Å². The fourth-order valence-corrected chi connectivity index (χ4v) is 5.39. The molecule has 13 heteroatoms. The fraction of sp³-hybridized carbons (Fsp3) is 0.528. The maximum Gasteiger partial charge on any atom is 0.408 e. The summed E-state index contributed by atoms with van der Waals surface area (Å²) in [5, 5.41) is 31.3. The van der Waals surface area contributed by atoms with Crippen molar-refractivity contribution in [3.63, 3.8) is 0 Å². The monoisotopic (exact) mass is 682 g/mol. The first-order chi connectivity index (χ1) is 23.1. The molecule has 49 heavy (non-hydrogen) atoms. The van der Waals surface area contributed by atoms with Crippen molar-refractivity contribution >= 4 is 29.8 Å². The van der Waals surface area contributed by atoms with Gasteiger partial charge in [-0.25, -0.2) is 9.59 Å². The minimum absolute atomic E-state index is 0.0551. The van der Waals surface area contributed by atoms with Gasteiger partial charge in [0.05, 0.1) is 13.2 Å².